The van der Waals surface area contributed by atoms with E-state index in [-0.39, 0.29) is 0 Å². The third-order valence-corrected chi connectivity index (χ3v) is 1.82. The van der Waals surface area contributed by atoms with Crippen molar-refractivity contribution in [1.29, 1.82) is 0 Å². The maximum atomic E-state index is 10.6. The lowest BCUT2D eigenvalue weighted by molar-refractivity contribution is -0.140. The van der Waals surface area contributed by atoms with Gasteiger partial charge >= 0.3 is 5.97 Å². The zero-order valence-corrected chi connectivity index (χ0v) is 7.69. The number of carboxylic acids is 1. The molecule has 2 N–H and O–H groups in total. The van der Waals surface area contributed by atoms with Gasteiger partial charge in [-0.05, 0) is 14.0 Å². The lowest BCUT2D eigenvalue weighted by Gasteiger charge is -2.05. The second-order valence-corrected chi connectivity index (χ2v) is 2.86. The Hall–Kier alpha value is -1.36. The zero-order valence-electron chi connectivity index (χ0n) is 7.69. The van der Waals surface area contributed by atoms with Gasteiger partial charge in [-0.2, -0.15) is 0 Å². The highest BCUT2D eigenvalue weighted by Crippen LogP contribution is 2.06. The van der Waals surface area contributed by atoms with E-state index in [4.69, 9.17) is 5.11 Å². The predicted molar refractivity (Wildman–Crippen MR) is 47.3 cm³/mol. The van der Waals surface area contributed by atoms with Gasteiger partial charge in [0.25, 0.3) is 0 Å². The molecule has 1 aromatic rings. The van der Waals surface area contributed by atoms with Crippen LogP contribution in [0.2, 0.25) is 0 Å². The quantitative estimate of drug-likeness (QED) is 0.702. The number of nitrogens with zero attached hydrogens (tertiary/aromatic N) is 2. The van der Waals surface area contributed by atoms with Crippen LogP contribution in [-0.2, 0) is 11.3 Å². The number of carboxylic acid groups (broad SMARTS) is 1. The molecule has 0 aromatic carbocycles. The highest BCUT2D eigenvalue weighted by molar-refractivity contribution is 5.71. The van der Waals surface area contributed by atoms with E-state index in [9.17, 15) is 4.79 Å². The standard InChI is InChI=1S/C8H13N3O2/c1-6(8(12)13)11-4-7(3-9-2)10-5-11/h4-6,9H,3H2,1-2H3,(H,12,13). The molecule has 0 saturated carbocycles. The van der Waals surface area contributed by atoms with Gasteiger partial charge in [0.15, 0.2) is 0 Å². The van der Waals surface area contributed by atoms with E-state index in [0.717, 1.165) is 5.69 Å². The smallest absolute Gasteiger partial charge is 0.326 e. The Morgan fingerprint density at radius 1 is 1.85 bits per heavy atom. The SMILES string of the molecule is CNCc1cn(C(C)C(=O)O)cn1. The van der Waals surface area contributed by atoms with Gasteiger partial charge in [0, 0.05) is 12.7 Å². The van der Waals surface area contributed by atoms with Crippen LogP contribution in [0.4, 0.5) is 0 Å². The molecule has 1 heterocycles. The summed E-state index contributed by atoms with van der Waals surface area (Å²) < 4.78 is 1.58. The van der Waals surface area contributed by atoms with Crippen LogP contribution in [0.25, 0.3) is 0 Å². The molecule has 0 bridgehead atoms. The molecule has 72 valence electrons. The summed E-state index contributed by atoms with van der Waals surface area (Å²) in [6, 6.07) is -0.557. The van der Waals surface area contributed by atoms with Crippen LogP contribution in [0.15, 0.2) is 12.5 Å². The molecule has 1 rings (SSSR count). The number of imidazole rings is 1. The minimum absolute atomic E-state index is 0.557. The van der Waals surface area contributed by atoms with E-state index in [0.29, 0.717) is 6.54 Å². The second-order valence-electron chi connectivity index (χ2n) is 2.86. The molecule has 0 saturated heterocycles. The summed E-state index contributed by atoms with van der Waals surface area (Å²) in [6.07, 6.45) is 3.26. The van der Waals surface area contributed by atoms with Crippen LogP contribution in [-0.4, -0.2) is 27.7 Å². The van der Waals surface area contributed by atoms with E-state index in [1.165, 1.54) is 6.33 Å². The Kier molecular flexibility index (Phi) is 3.02. The van der Waals surface area contributed by atoms with Crippen molar-refractivity contribution in [2.45, 2.75) is 19.5 Å². The van der Waals surface area contributed by atoms with Crippen molar-refractivity contribution in [2.75, 3.05) is 7.05 Å². The molecule has 0 spiro atoms. The second kappa shape index (κ2) is 4.04. The van der Waals surface area contributed by atoms with Crippen molar-refractivity contribution in [3.05, 3.63) is 18.2 Å². The molecule has 0 radical (unpaired) electrons. The Bertz CT molecular complexity index is 295. The van der Waals surface area contributed by atoms with Gasteiger partial charge in [-0.1, -0.05) is 0 Å². The van der Waals surface area contributed by atoms with Crippen molar-refractivity contribution in [1.82, 2.24) is 14.9 Å². The molecule has 0 fully saturated rings. The summed E-state index contributed by atoms with van der Waals surface area (Å²) in [5.41, 5.74) is 0.843. The van der Waals surface area contributed by atoms with Crippen molar-refractivity contribution in [3.63, 3.8) is 0 Å². The van der Waals surface area contributed by atoms with Crippen LogP contribution < -0.4 is 5.32 Å². The lowest BCUT2D eigenvalue weighted by atomic mass is 10.3. The number of aromatic nitrogens is 2. The molecule has 0 aliphatic carbocycles. The monoisotopic (exact) mass is 183 g/mol. The van der Waals surface area contributed by atoms with Gasteiger partial charge in [-0.25, -0.2) is 9.78 Å². The minimum atomic E-state index is -0.853. The van der Waals surface area contributed by atoms with Crippen LogP contribution in [0.3, 0.4) is 0 Å². The van der Waals surface area contributed by atoms with Gasteiger partial charge in [0.2, 0.25) is 0 Å². The van der Waals surface area contributed by atoms with Gasteiger partial charge in [-0.3, -0.25) is 0 Å². The van der Waals surface area contributed by atoms with Crippen molar-refractivity contribution in [3.8, 4) is 0 Å². The first-order chi connectivity index (χ1) is 6.15. The first-order valence-corrected chi connectivity index (χ1v) is 4.05. The zero-order chi connectivity index (χ0) is 9.84. The Morgan fingerprint density at radius 3 is 3.08 bits per heavy atom. The van der Waals surface area contributed by atoms with E-state index in [2.05, 4.69) is 10.3 Å². The van der Waals surface area contributed by atoms with Crippen LogP contribution >= 0.6 is 0 Å². The summed E-state index contributed by atoms with van der Waals surface area (Å²) in [5.74, 6) is -0.853. The third-order valence-electron chi connectivity index (χ3n) is 1.82. The van der Waals surface area contributed by atoms with Crippen LogP contribution in [0.1, 0.15) is 18.7 Å². The average Bonchev–Trinajstić information content (AvgIpc) is 2.52. The molecule has 0 aliphatic heterocycles. The maximum absolute atomic E-state index is 10.6. The molecular formula is C8H13N3O2. The van der Waals surface area contributed by atoms with Gasteiger partial charge in [0.1, 0.15) is 6.04 Å². The van der Waals surface area contributed by atoms with E-state index >= 15 is 0 Å². The fourth-order valence-corrected chi connectivity index (χ4v) is 0.991. The largest absolute Gasteiger partial charge is 0.480 e. The summed E-state index contributed by atoms with van der Waals surface area (Å²) >= 11 is 0. The molecule has 13 heavy (non-hydrogen) atoms. The van der Waals surface area contributed by atoms with Crippen LogP contribution in [0.5, 0.6) is 0 Å². The molecule has 1 atom stereocenters. The Labute approximate surface area is 76.4 Å². The number of hydrogen-bond donors (Lipinski definition) is 2. The fraction of sp³-hybridized carbons (Fsp3) is 0.500. The predicted octanol–water partition coefficient (Wildman–Crippen LogP) is 0.248. The van der Waals surface area contributed by atoms with Gasteiger partial charge < -0.3 is 15.0 Å². The Morgan fingerprint density at radius 2 is 2.54 bits per heavy atom. The number of aliphatic carboxylic acids is 1. The van der Waals surface area contributed by atoms with Crippen molar-refractivity contribution >= 4 is 5.97 Å². The average molecular weight is 183 g/mol. The summed E-state index contributed by atoms with van der Waals surface area (Å²) in [4.78, 5) is 14.6. The van der Waals surface area contributed by atoms with Crippen LogP contribution in [0, 0.1) is 0 Å². The fourth-order valence-electron chi connectivity index (χ4n) is 0.991. The summed E-state index contributed by atoms with van der Waals surface area (Å²) in [5, 5.41) is 11.7. The summed E-state index contributed by atoms with van der Waals surface area (Å²) in [7, 11) is 1.82. The van der Waals surface area contributed by atoms with E-state index in [1.54, 1.807) is 17.7 Å². The maximum Gasteiger partial charge on any atom is 0.326 e. The van der Waals surface area contributed by atoms with Gasteiger partial charge in [-0.15, -0.1) is 0 Å². The molecule has 5 nitrogen and oxygen atoms in total. The normalized spacial score (nSPS) is 12.8. The number of nitrogens with one attached hydrogen (secondary N) is 1. The highest BCUT2D eigenvalue weighted by atomic mass is 16.4. The lowest BCUT2D eigenvalue weighted by Crippen LogP contribution is -2.13. The number of carbonyl (C=O) groups is 1. The van der Waals surface area contributed by atoms with E-state index in [1.807, 2.05) is 7.05 Å². The van der Waals surface area contributed by atoms with E-state index < -0.39 is 12.0 Å². The summed E-state index contributed by atoms with van der Waals surface area (Å²) in [6.45, 7) is 2.27. The molecular weight excluding hydrogens is 170 g/mol. The Balaban J connectivity index is 2.73. The first-order valence-electron chi connectivity index (χ1n) is 4.05. The molecule has 1 aromatic heterocycles. The van der Waals surface area contributed by atoms with Gasteiger partial charge in [0.05, 0.1) is 12.0 Å². The van der Waals surface area contributed by atoms with Crippen molar-refractivity contribution < 1.29 is 9.90 Å². The molecule has 0 amide bonds. The minimum Gasteiger partial charge on any atom is -0.480 e. The highest BCUT2D eigenvalue weighted by Gasteiger charge is 2.12. The topological polar surface area (TPSA) is 67.2 Å². The number of rotatable bonds is 4. The number of hydrogen-bond acceptors (Lipinski definition) is 3. The molecule has 5 heteroatoms. The van der Waals surface area contributed by atoms with Crippen molar-refractivity contribution in [2.24, 2.45) is 0 Å². The first kappa shape index (κ1) is 9.73. The third kappa shape index (κ3) is 2.29. The molecule has 1 unspecified atom stereocenters. The molecule has 0 aliphatic rings.